The molecule has 3 N–H and O–H groups in total. The maximum atomic E-state index is 13.3. The SMILES string of the molecule is C=C[C@@H]1C[C@]1(NC(=O)[C@@H]1C[C@@H](Oc2cc(-c3ccccc3)nc3cc(OC)ccc23)CN1)C(=O)NS(=O)(=O)C1(C)CC1.Cl. The summed E-state index contributed by atoms with van der Waals surface area (Å²) in [6.07, 6.45) is 2.90. The molecule has 0 bridgehead atoms. The second-order valence-corrected chi connectivity index (χ2v) is 13.8. The largest absolute Gasteiger partial charge is 0.497 e. The molecule has 2 aromatic carbocycles. The van der Waals surface area contributed by atoms with Crippen molar-refractivity contribution in [3.05, 3.63) is 67.3 Å². The molecule has 4 atom stereocenters. The van der Waals surface area contributed by atoms with Crippen LogP contribution in [0.15, 0.2) is 67.3 Å². The van der Waals surface area contributed by atoms with Crippen molar-refractivity contribution in [1.29, 1.82) is 0 Å². The lowest BCUT2D eigenvalue weighted by Crippen LogP contribution is -2.56. The van der Waals surface area contributed by atoms with Gasteiger partial charge in [-0.3, -0.25) is 14.3 Å². The monoisotopic (exact) mass is 626 g/mol. The van der Waals surface area contributed by atoms with E-state index in [1.165, 1.54) is 0 Å². The van der Waals surface area contributed by atoms with Crippen LogP contribution in [0.4, 0.5) is 0 Å². The average Bonchev–Trinajstić information content (AvgIpc) is 3.86. The number of ether oxygens (including phenoxy) is 2. The third-order valence-electron chi connectivity index (χ3n) is 8.63. The van der Waals surface area contributed by atoms with Crippen LogP contribution in [0.25, 0.3) is 22.2 Å². The third kappa shape index (κ3) is 5.81. The second kappa shape index (κ2) is 11.4. The van der Waals surface area contributed by atoms with E-state index in [0.717, 1.165) is 22.2 Å². The number of halogens is 1. The summed E-state index contributed by atoms with van der Waals surface area (Å²) in [5.41, 5.74) is 1.08. The second-order valence-electron chi connectivity index (χ2n) is 11.6. The van der Waals surface area contributed by atoms with Crippen LogP contribution in [-0.2, 0) is 19.6 Å². The normalized spacial score (nSPS) is 25.2. The van der Waals surface area contributed by atoms with Crippen molar-refractivity contribution in [3.8, 4) is 22.8 Å². The molecule has 1 aliphatic heterocycles. The Kier molecular flexibility index (Phi) is 8.19. The fourth-order valence-electron chi connectivity index (χ4n) is 5.45. The number of carbonyl (C=O) groups is 2. The quantitative estimate of drug-likeness (QED) is 0.291. The number of benzene rings is 2. The molecule has 10 nitrogen and oxygen atoms in total. The van der Waals surface area contributed by atoms with Gasteiger partial charge in [-0.05, 0) is 38.3 Å². The van der Waals surface area contributed by atoms with Crippen molar-refractivity contribution < 1.29 is 27.5 Å². The molecule has 0 unspecified atom stereocenters. The predicted molar refractivity (Wildman–Crippen MR) is 166 cm³/mol. The molecule has 0 spiro atoms. The van der Waals surface area contributed by atoms with Crippen molar-refractivity contribution in [2.45, 2.75) is 55.0 Å². The number of nitrogens with one attached hydrogen (secondary N) is 3. The minimum Gasteiger partial charge on any atom is -0.497 e. The first-order chi connectivity index (χ1) is 20.1. The van der Waals surface area contributed by atoms with Crippen LogP contribution in [0, 0.1) is 5.92 Å². The van der Waals surface area contributed by atoms with Gasteiger partial charge in [0, 0.05) is 42.0 Å². The predicted octanol–water partition coefficient (Wildman–Crippen LogP) is 3.50. The van der Waals surface area contributed by atoms with Crippen LogP contribution < -0.4 is 24.8 Å². The Bertz CT molecular complexity index is 1680. The van der Waals surface area contributed by atoms with E-state index in [9.17, 15) is 18.0 Å². The molecule has 6 rings (SSSR count). The molecule has 43 heavy (non-hydrogen) atoms. The minimum atomic E-state index is -3.84. The lowest BCUT2D eigenvalue weighted by molar-refractivity contribution is -0.130. The Balaban J connectivity index is 0.00000368. The van der Waals surface area contributed by atoms with Gasteiger partial charge in [-0.15, -0.1) is 19.0 Å². The van der Waals surface area contributed by atoms with E-state index >= 15 is 0 Å². The van der Waals surface area contributed by atoms with Crippen molar-refractivity contribution in [3.63, 3.8) is 0 Å². The summed E-state index contributed by atoms with van der Waals surface area (Å²) < 4.78 is 38.5. The summed E-state index contributed by atoms with van der Waals surface area (Å²) in [5.74, 6) is -0.136. The molecule has 2 heterocycles. The summed E-state index contributed by atoms with van der Waals surface area (Å²) >= 11 is 0. The molecule has 3 fully saturated rings. The lowest BCUT2D eigenvalue weighted by atomic mass is 10.1. The van der Waals surface area contributed by atoms with E-state index in [-0.39, 0.29) is 30.3 Å². The van der Waals surface area contributed by atoms with Crippen LogP contribution in [0.2, 0.25) is 0 Å². The number of hydrogen-bond donors (Lipinski definition) is 3. The number of carbonyl (C=O) groups excluding carboxylic acids is 2. The molecular weight excluding hydrogens is 592 g/mol. The summed E-state index contributed by atoms with van der Waals surface area (Å²) in [7, 11) is -2.23. The zero-order valence-corrected chi connectivity index (χ0v) is 25.6. The average molecular weight is 627 g/mol. The highest BCUT2D eigenvalue weighted by molar-refractivity contribution is 7.91. The Hall–Kier alpha value is -3.67. The fourth-order valence-corrected chi connectivity index (χ4v) is 6.76. The number of sulfonamides is 1. The topological polar surface area (TPSA) is 136 Å². The van der Waals surface area contributed by atoms with E-state index < -0.39 is 32.3 Å². The van der Waals surface area contributed by atoms with E-state index in [1.807, 2.05) is 54.6 Å². The number of fused-ring (bicyclic) bond motifs is 1. The van der Waals surface area contributed by atoms with Gasteiger partial charge < -0.3 is 20.1 Å². The highest BCUT2D eigenvalue weighted by Gasteiger charge is 2.62. The molecule has 1 aromatic heterocycles. The van der Waals surface area contributed by atoms with Gasteiger partial charge in [0.1, 0.15) is 23.1 Å². The molecule has 3 aliphatic rings. The first-order valence-corrected chi connectivity index (χ1v) is 15.5. The smallest absolute Gasteiger partial charge is 0.259 e. The summed E-state index contributed by atoms with van der Waals surface area (Å²) in [6.45, 7) is 5.78. The number of nitrogens with zero attached hydrogens (tertiary/aromatic N) is 1. The molecule has 3 aromatic rings. The van der Waals surface area contributed by atoms with E-state index in [1.54, 1.807) is 20.1 Å². The summed E-state index contributed by atoms with van der Waals surface area (Å²) in [5, 5.41) is 6.84. The van der Waals surface area contributed by atoms with Crippen molar-refractivity contribution >= 4 is 45.1 Å². The number of amides is 2. The molecule has 12 heteroatoms. The Morgan fingerprint density at radius 2 is 1.88 bits per heavy atom. The molecule has 2 saturated carbocycles. The van der Waals surface area contributed by atoms with Crippen molar-refractivity contribution in [1.82, 2.24) is 20.3 Å². The molecule has 0 radical (unpaired) electrons. The van der Waals surface area contributed by atoms with Gasteiger partial charge in [-0.25, -0.2) is 13.4 Å². The molecule has 228 valence electrons. The van der Waals surface area contributed by atoms with Gasteiger partial charge in [0.15, 0.2) is 0 Å². The minimum absolute atomic E-state index is 0. The van der Waals surface area contributed by atoms with Gasteiger partial charge in [-0.2, -0.15) is 0 Å². The standard InChI is InChI=1S/C31H34N4O6S.ClH/c1-4-20-17-31(20,29(37)35-42(38,39)30(2)12-13-30)34-28(36)26-15-22(18-32-26)41-27-16-24(19-8-6-5-7-9-19)33-25-14-21(40-3)10-11-23(25)27;/h4-11,14,16,20,22,26,32H,1,12-13,15,17-18H2,2-3H3,(H,34,36)(H,35,37);1H/t20-,22-,26+,31-;/m1./s1. The van der Waals surface area contributed by atoms with E-state index in [4.69, 9.17) is 14.5 Å². The van der Waals surface area contributed by atoms with Gasteiger partial charge in [0.2, 0.25) is 15.9 Å². The zero-order valence-electron chi connectivity index (χ0n) is 24.0. The van der Waals surface area contributed by atoms with Gasteiger partial charge in [-0.1, -0.05) is 36.4 Å². The van der Waals surface area contributed by atoms with Crippen molar-refractivity contribution in [2.24, 2.45) is 5.92 Å². The number of hydrogen-bond acceptors (Lipinski definition) is 8. The van der Waals surface area contributed by atoms with Crippen LogP contribution >= 0.6 is 12.4 Å². The van der Waals surface area contributed by atoms with Gasteiger partial charge in [0.05, 0.1) is 29.1 Å². The Morgan fingerprint density at radius 3 is 2.53 bits per heavy atom. The van der Waals surface area contributed by atoms with Crippen molar-refractivity contribution in [2.75, 3.05) is 13.7 Å². The number of aromatic nitrogens is 1. The number of rotatable bonds is 10. The van der Waals surface area contributed by atoms with Crippen LogP contribution in [0.3, 0.4) is 0 Å². The first kappa shape index (κ1) is 30.8. The zero-order chi connectivity index (χ0) is 29.7. The van der Waals surface area contributed by atoms with Crippen LogP contribution in [-0.4, -0.2) is 61.3 Å². The third-order valence-corrected chi connectivity index (χ3v) is 10.8. The van der Waals surface area contributed by atoms with Crippen LogP contribution in [0.5, 0.6) is 11.5 Å². The van der Waals surface area contributed by atoms with E-state index in [2.05, 4.69) is 21.9 Å². The highest BCUT2D eigenvalue weighted by Crippen LogP contribution is 2.47. The van der Waals surface area contributed by atoms with Crippen LogP contribution in [0.1, 0.15) is 32.6 Å². The van der Waals surface area contributed by atoms with E-state index in [0.29, 0.717) is 43.7 Å². The Labute approximate surface area is 257 Å². The molecule has 2 amide bonds. The number of methoxy groups -OCH3 is 1. The highest BCUT2D eigenvalue weighted by atomic mass is 35.5. The van der Waals surface area contributed by atoms with Gasteiger partial charge in [0.25, 0.3) is 5.91 Å². The molecule has 2 aliphatic carbocycles. The fraction of sp³-hybridized carbons (Fsp3) is 0.387. The number of pyridine rings is 1. The summed E-state index contributed by atoms with van der Waals surface area (Å²) in [6, 6.07) is 16.7. The maximum absolute atomic E-state index is 13.3. The Morgan fingerprint density at radius 1 is 1.14 bits per heavy atom. The molecule has 1 saturated heterocycles. The molecular formula is C31H35ClN4O6S. The lowest BCUT2D eigenvalue weighted by Gasteiger charge is -2.22. The first-order valence-electron chi connectivity index (χ1n) is 14.0. The summed E-state index contributed by atoms with van der Waals surface area (Å²) in [4.78, 5) is 31.3. The van der Waals surface area contributed by atoms with Gasteiger partial charge >= 0.3 is 0 Å². The maximum Gasteiger partial charge on any atom is 0.259 e.